The average Bonchev–Trinajstić information content (AvgIpc) is 2.39. The summed E-state index contributed by atoms with van der Waals surface area (Å²) in [7, 11) is 2.42. The van der Waals surface area contributed by atoms with Gasteiger partial charge in [0.05, 0.1) is 26.7 Å². The van der Waals surface area contributed by atoms with Crippen LogP contribution in [0.1, 0.15) is 25.7 Å². The van der Waals surface area contributed by atoms with Crippen molar-refractivity contribution in [3.05, 3.63) is 0 Å². The number of nitriles is 1. The highest BCUT2D eigenvalue weighted by Gasteiger charge is 2.21. The third-order valence-electron chi connectivity index (χ3n) is 2.15. The smallest absolute Gasteiger partial charge is 0.328 e. The number of rotatable bonds is 7. The average molecular weight is 256 g/mol. The lowest BCUT2D eigenvalue weighted by Gasteiger charge is -2.14. The molecule has 0 aliphatic rings. The maximum Gasteiger partial charge on any atom is 0.328 e. The quantitative estimate of drug-likeness (QED) is 0.638. The van der Waals surface area contributed by atoms with E-state index in [2.05, 4.69) is 14.8 Å². The van der Waals surface area contributed by atoms with Crippen molar-refractivity contribution in [3.8, 4) is 6.07 Å². The van der Waals surface area contributed by atoms with Crippen LogP contribution in [-0.2, 0) is 23.9 Å². The van der Waals surface area contributed by atoms with Crippen molar-refractivity contribution in [2.24, 2.45) is 0 Å². The highest BCUT2D eigenvalue weighted by atomic mass is 16.5. The number of carbonyl (C=O) groups is 3. The van der Waals surface area contributed by atoms with E-state index in [1.54, 1.807) is 0 Å². The van der Waals surface area contributed by atoms with Crippen LogP contribution in [0.5, 0.6) is 0 Å². The number of methoxy groups -OCH3 is 2. The topological polar surface area (TPSA) is 105 Å². The Labute approximate surface area is 105 Å². The van der Waals surface area contributed by atoms with Crippen LogP contribution in [0.25, 0.3) is 0 Å². The Hall–Kier alpha value is -2.10. The molecule has 1 N–H and O–H groups in total. The van der Waals surface area contributed by atoms with Crippen LogP contribution in [-0.4, -0.2) is 38.1 Å². The molecule has 0 rings (SSSR count). The normalized spacial score (nSPS) is 10.9. The molecule has 0 aromatic rings. The van der Waals surface area contributed by atoms with E-state index in [1.807, 2.05) is 6.07 Å². The fourth-order valence-electron chi connectivity index (χ4n) is 1.18. The number of esters is 2. The van der Waals surface area contributed by atoms with E-state index in [-0.39, 0.29) is 25.7 Å². The van der Waals surface area contributed by atoms with Crippen molar-refractivity contribution in [2.75, 3.05) is 14.2 Å². The standard InChI is InChI=1S/C11H16N2O5/c1-17-10(15)6-5-9(14)13-8(4-3-7-12)11(16)18-2/h8H,3-6H2,1-2H3,(H,13,14)/t8-/m1/s1. The van der Waals surface area contributed by atoms with Gasteiger partial charge in [0.15, 0.2) is 0 Å². The molecule has 7 heteroatoms. The number of hydrogen-bond acceptors (Lipinski definition) is 6. The Balaban J connectivity index is 4.22. The lowest BCUT2D eigenvalue weighted by Crippen LogP contribution is -2.41. The molecule has 1 amide bonds. The molecule has 100 valence electrons. The van der Waals surface area contributed by atoms with Gasteiger partial charge in [0.2, 0.25) is 5.91 Å². The molecule has 0 unspecified atom stereocenters. The van der Waals surface area contributed by atoms with Crippen molar-refractivity contribution in [3.63, 3.8) is 0 Å². The minimum atomic E-state index is -0.861. The molecule has 0 saturated heterocycles. The van der Waals surface area contributed by atoms with Gasteiger partial charge < -0.3 is 14.8 Å². The third-order valence-corrected chi connectivity index (χ3v) is 2.15. The molecule has 0 aromatic heterocycles. The van der Waals surface area contributed by atoms with Gasteiger partial charge >= 0.3 is 11.9 Å². The van der Waals surface area contributed by atoms with Crippen LogP contribution in [0.2, 0.25) is 0 Å². The van der Waals surface area contributed by atoms with Crippen LogP contribution in [0.4, 0.5) is 0 Å². The van der Waals surface area contributed by atoms with E-state index in [1.165, 1.54) is 14.2 Å². The van der Waals surface area contributed by atoms with Gasteiger partial charge in [-0.05, 0) is 6.42 Å². The number of hydrogen-bond donors (Lipinski definition) is 1. The Morgan fingerprint density at radius 2 is 1.89 bits per heavy atom. The zero-order valence-electron chi connectivity index (χ0n) is 10.4. The monoisotopic (exact) mass is 256 g/mol. The Morgan fingerprint density at radius 1 is 1.22 bits per heavy atom. The molecule has 18 heavy (non-hydrogen) atoms. The lowest BCUT2D eigenvalue weighted by atomic mass is 10.1. The zero-order chi connectivity index (χ0) is 14.0. The van der Waals surface area contributed by atoms with E-state index in [9.17, 15) is 14.4 Å². The molecular formula is C11H16N2O5. The summed E-state index contributed by atoms with van der Waals surface area (Å²) in [5.41, 5.74) is 0. The second-order valence-corrected chi connectivity index (χ2v) is 3.42. The molecule has 7 nitrogen and oxygen atoms in total. The second-order valence-electron chi connectivity index (χ2n) is 3.42. The van der Waals surface area contributed by atoms with E-state index in [0.29, 0.717) is 0 Å². The molecule has 0 spiro atoms. The first-order valence-corrected chi connectivity index (χ1v) is 5.36. The van der Waals surface area contributed by atoms with Gasteiger partial charge in [-0.2, -0.15) is 5.26 Å². The molecule has 0 aliphatic heterocycles. The molecule has 0 fully saturated rings. The molecule has 1 atom stereocenters. The lowest BCUT2D eigenvalue weighted by molar-refractivity contribution is -0.145. The van der Waals surface area contributed by atoms with Crippen molar-refractivity contribution >= 4 is 17.8 Å². The Morgan fingerprint density at radius 3 is 2.39 bits per heavy atom. The first kappa shape index (κ1) is 15.9. The zero-order valence-corrected chi connectivity index (χ0v) is 10.4. The molecule has 0 saturated carbocycles. The summed E-state index contributed by atoms with van der Waals surface area (Å²) in [4.78, 5) is 33.6. The van der Waals surface area contributed by atoms with Crippen LogP contribution < -0.4 is 5.32 Å². The molecule has 0 radical (unpaired) electrons. The summed E-state index contributed by atoms with van der Waals surface area (Å²) in [5.74, 6) is -1.58. The van der Waals surface area contributed by atoms with Gasteiger partial charge in [-0.1, -0.05) is 0 Å². The number of ether oxygens (including phenoxy) is 2. The predicted molar refractivity (Wildman–Crippen MR) is 60.0 cm³/mol. The van der Waals surface area contributed by atoms with Crippen LogP contribution in [0, 0.1) is 11.3 Å². The summed E-state index contributed by atoms with van der Waals surface area (Å²) in [5, 5.41) is 10.8. The minimum Gasteiger partial charge on any atom is -0.469 e. The van der Waals surface area contributed by atoms with Crippen molar-refractivity contribution < 1.29 is 23.9 Å². The highest BCUT2D eigenvalue weighted by Crippen LogP contribution is 2.01. The Kier molecular flexibility index (Phi) is 7.94. The van der Waals surface area contributed by atoms with Crippen molar-refractivity contribution in [1.82, 2.24) is 5.32 Å². The van der Waals surface area contributed by atoms with Crippen molar-refractivity contribution in [2.45, 2.75) is 31.7 Å². The van der Waals surface area contributed by atoms with Crippen LogP contribution >= 0.6 is 0 Å². The van der Waals surface area contributed by atoms with Gasteiger partial charge in [-0.3, -0.25) is 9.59 Å². The Bertz CT molecular complexity index is 348. The number of nitrogens with one attached hydrogen (secondary N) is 1. The highest BCUT2D eigenvalue weighted by molar-refractivity contribution is 5.86. The number of amides is 1. The molecular weight excluding hydrogens is 240 g/mol. The fourth-order valence-corrected chi connectivity index (χ4v) is 1.18. The van der Waals surface area contributed by atoms with E-state index >= 15 is 0 Å². The summed E-state index contributed by atoms with van der Waals surface area (Å²) >= 11 is 0. The molecule has 0 aliphatic carbocycles. The minimum absolute atomic E-state index is 0.0610. The van der Waals surface area contributed by atoms with E-state index in [0.717, 1.165) is 0 Å². The van der Waals surface area contributed by atoms with Crippen LogP contribution in [0.15, 0.2) is 0 Å². The first-order valence-electron chi connectivity index (χ1n) is 5.36. The summed E-state index contributed by atoms with van der Waals surface area (Å²) in [6.07, 6.45) is 0.158. The van der Waals surface area contributed by atoms with Gasteiger partial charge in [-0.15, -0.1) is 0 Å². The van der Waals surface area contributed by atoms with Gasteiger partial charge in [0, 0.05) is 12.8 Å². The summed E-state index contributed by atoms with van der Waals surface area (Å²) in [6, 6.07) is 1.02. The van der Waals surface area contributed by atoms with Gasteiger partial charge in [0.1, 0.15) is 6.04 Å². The predicted octanol–water partition coefficient (Wildman–Crippen LogP) is -0.0988. The largest absolute Gasteiger partial charge is 0.469 e. The van der Waals surface area contributed by atoms with E-state index < -0.39 is 23.9 Å². The number of carbonyl (C=O) groups excluding carboxylic acids is 3. The third kappa shape index (κ3) is 6.48. The molecule has 0 heterocycles. The fraction of sp³-hybridized carbons (Fsp3) is 0.636. The molecule has 0 aromatic carbocycles. The maximum atomic E-state index is 11.4. The van der Waals surface area contributed by atoms with Gasteiger partial charge in [-0.25, -0.2) is 4.79 Å². The first-order chi connectivity index (χ1) is 8.54. The van der Waals surface area contributed by atoms with E-state index in [4.69, 9.17) is 5.26 Å². The number of nitrogens with zero attached hydrogens (tertiary/aromatic N) is 1. The second kappa shape index (κ2) is 8.98. The van der Waals surface area contributed by atoms with Gasteiger partial charge in [0.25, 0.3) is 0 Å². The summed E-state index contributed by atoms with van der Waals surface area (Å²) in [6.45, 7) is 0. The van der Waals surface area contributed by atoms with Crippen LogP contribution in [0.3, 0.4) is 0 Å². The maximum absolute atomic E-state index is 11.4. The summed E-state index contributed by atoms with van der Waals surface area (Å²) < 4.78 is 8.89. The van der Waals surface area contributed by atoms with Crippen molar-refractivity contribution in [1.29, 1.82) is 5.26 Å². The SMILES string of the molecule is COC(=O)CCC(=O)N[C@H](CCC#N)C(=O)OC. The molecule has 0 bridgehead atoms.